The van der Waals surface area contributed by atoms with E-state index in [1.165, 1.54) is 22.5 Å². The SMILES string of the molecule is CS(=O)(=O)N1CCC(Nc2nc(Nc3ccc(F)c(C4COCCN4)c3)nc(OCC(F)(F)F)n2)CC1. The Hall–Kier alpha value is -2.82. The van der Waals surface area contributed by atoms with Crippen molar-refractivity contribution >= 4 is 27.6 Å². The van der Waals surface area contributed by atoms with E-state index in [1.807, 2.05) is 0 Å². The first kappa shape index (κ1) is 27.2. The van der Waals surface area contributed by atoms with Crippen LogP contribution >= 0.6 is 0 Å². The van der Waals surface area contributed by atoms with E-state index in [0.717, 1.165) is 6.26 Å². The number of aromatic nitrogens is 3. The maximum absolute atomic E-state index is 14.5. The van der Waals surface area contributed by atoms with Gasteiger partial charge in [-0.1, -0.05) is 0 Å². The summed E-state index contributed by atoms with van der Waals surface area (Å²) in [5.41, 5.74) is 0.743. The molecule has 204 valence electrons. The zero-order chi connectivity index (χ0) is 26.6. The molecule has 0 radical (unpaired) electrons. The molecular weight excluding hydrogens is 522 g/mol. The van der Waals surface area contributed by atoms with E-state index < -0.39 is 34.6 Å². The minimum absolute atomic E-state index is 0.0443. The maximum atomic E-state index is 14.5. The molecular formula is C21H27F4N7O4S. The zero-order valence-electron chi connectivity index (χ0n) is 19.9. The van der Waals surface area contributed by atoms with Crippen LogP contribution in [0.4, 0.5) is 35.1 Å². The first-order valence-electron chi connectivity index (χ1n) is 11.5. The van der Waals surface area contributed by atoms with E-state index in [9.17, 15) is 26.0 Å². The van der Waals surface area contributed by atoms with Gasteiger partial charge in [0.25, 0.3) is 0 Å². The van der Waals surface area contributed by atoms with Gasteiger partial charge in [-0.3, -0.25) is 0 Å². The fourth-order valence-corrected chi connectivity index (χ4v) is 4.86. The number of nitrogens with zero attached hydrogens (tertiary/aromatic N) is 4. The van der Waals surface area contributed by atoms with Crippen LogP contribution in [0.25, 0.3) is 0 Å². The number of sulfonamides is 1. The third-order valence-corrected chi connectivity index (χ3v) is 7.09. The highest BCUT2D eigenvalue weighted by molar-refractivity contribution is 7.88. The number of ether oxygens (including phenoxy) is 2. The Morgan fingerprint density at radius 2 is 1.92 bits per heavy atom. The predicted molar refractivity (Wildman–Crippen MR) is 126 cm³/mol. The van der Waals surface area contributed by atoms with Crippen molar-refractivity contribution in [3.63, 3.8) is 0 Å². The van der Waals surface area contributed by atoms with Crippen LogP contribution in [0.3, 0.4) is 0 Å². The summed E-state index contributed by atoms with van der Waals surface area (Å²) >= 11 is 0. The molecule has 1 aromatic heterocycles. The monoisotopic (exact) mass is 549 g/mol. The average molecular weight is 550 g/mol. The summed E-state index contributed by atoms with van der Waals surface area (Å²) in [7, 11) is -3.32. The van der Waals surface area contributed by atoms with Gasteiger partial charge in [0.05, 0.1) is 25.5 Å². The zero-order valence-corrected chi connectivity index (χ0v) is 20.7. The second kappa shape index (κ2) is 11.3. The van der Waals surface area contributed by atoms with Gasteiger partial charge in [-0.15, -0.1) is 0 Å². The molecule has 0 amide bonds. The highest BCUT2D eigenvalue weighted by atomic mass is 32.2. The van der Waals surface area contributed by atoms with Crippen molar-refractivity contribution in [1.82, 2.24) is 24.6 Å². The van der Waals surface area contributed by atoms with Crippen molar-refractivity contribution in [1.29, 1.82) is 0 Å². The molecule has 0 saturated carbocycles. The van der Waals surface area contributed by atoms with Crippen LogP contribution in [0, 0.1) is 5.82 Å². The van der Waals surface area contributed by atoms with Crippen LogP contribution in [-0.2, 0) is 14.8 Å². The third-order valence-electron chi connectivity index (χ3n) is 5.79. The van der Waals surface area contributed by atoms with Crippen LogP contribution < -0.4 is 20.7 Å². The van der Waals surface area contributed by atoms with Crippen LogP contribution in [0.15, 0.2) is 18.2 Å². The molecule has 3 heterocycles. The molecule has 3 N–H and O–H groups in total. The van der Waals surface area contributed by atoms with E-state index in [0.29, 0.717) is 37.2 Å². The van der Waals surface area contributed by atoms with Gasteiger partial charge >= 0.3 is 12.2 Å². The van der Waals surface area contributed by atoms with Crippen LogP contribution in [-0.4, -0.2) is 85.6 Å². The molecule has 16 heteroatoms. The smallest absolute Gasteiger partial charge is 0.422 e. The fourth-order valence-electron chi connectivity index (χ4n) is 3.99. The van der Waals surface area contributed by atoms with E-state index >= 15 is 0 Å². The Morgan fingerprint density at radius 1 is 1.19 bits per heavy atom. The third kappa shape index (κ3) is 7.83. The van der Waals surface area contributed by atoms with Crippen LogP contribution in [0.5, 0.6) is 6.01 Å². The summed E-state index contributed by atoms with van der Waals surface area (Å²) in [6.45, 7) is 0.325. The Kier molecular flexibility index (Phi) is 8.30. The van der Waals surface area contributed by atoms with Gasteiger partial charge in [-0.25, -0.2) is 17.1 Å². The van der Waals surface area contributed by atoms with Gasteiger partial charge in [0.1, 0.15) is 5.82 Å². The number of rotatable bonds is 8. The van der Waals surface area contributed by atoms with Crippen molar-refractivity contribution in [2.24, 2.45) is 0 Å². The van der Waals surface area contributed by atoms with Gasteiger partial charge in [-0.05, 0) is 31.0 Å². The van der Waals surface area contributed by atoms with Gasteiger partial charge < -0.3 is 25.4 Å². The Labute approximate surface area is 211 Å². The summed E-state index contributed by atoms with van der Waals surface area (Å²) in [4.78, 5) is 12.1. The first-order valence-corrected chi connectivity index (χ1v) is 13.4. The number of nitrogens with one attached hydrogen (secondary N) is 3. The van der Waals surface area contributed by atoms with Crippen molar-refractivity contribution < 1.29 is 35.5 Å². The standard InChI is InChI=1S/C21H27F4N7O4S/c1-37(33,34)32-7-4-13(5-8-32)27-18-29-19(31-20(30-18)36-12-21(23,24)25)28-14-2-3-16(22)15(10-14)17-11-35-9-6-26-17/h2-3,10,13,17,26H,4-9,11-12H2,1H3,(H2,27,28,29,30,31). The van der Waals surface area contributed by atoms with E-state index in [4.69, 9.17) is 9.47 Å². The minimum Gasteiger partial charge on any atom is -0.454 e. The summed E-state index contributed by atoms with van der Waals surface area (Å²) in [5, 5.41) is 9.05. The number of hydrogen-bond donors (Lipinski definition) is 3. The largest absolute Gasteiger partial charge is 0.454 e. The number of alkyl halides is 3. The van der Waals surface area contributed by atoms with Crippen LogP contribution in [0.1, 0.15) is 24.4 Å². The van der Waals surface area contributed by atoms with E-state index in [1.54, 1.807) is 0 Å². The topological polar surface area (TPSA) is 131 Å². The molecule has 2 aliphatic heterocycles. The minimum atomic E-state index is -4.60. The molecule has 4 rings (SSSR count). The van der Waals surface area contributed by atoms with Crippen molar-refractivity contribution in [3.05, 3.63) is 29.6 Å². The molecule has 2 fully saturated rings. The number of halogens is 4. The summed E-state index contributed by atoms with van der Waals surface area (Å²) in [6, 6.07) is 3.08. The molecule has 1 aromatic carbocycles. The lowest BCUT2D eigenvalue weighted by Gasteiger charge is -2.30. The number of benzene rings is 1. The molecule has 0 bridgehead atoms. The number of piperidine rings is 1. The molecule has 0 spiro atoms. The fraction of sp³-hybridized carbons (Fsp3) is 0.571. The molecule has 1 unspecified atom stereocenters. The van der Waals surface area contributed by atoms with Crippen molar-refractivity contribution in [3.8, 4) is 6.01 Å². The molecule has 2 aromatic rings. The molecule has 1 atom stereocenters. The molecule has 0 aliphatic carbocycles. The van der Waals surface area contributed by atoms with Gasteiger partial charge in [0.2, 0.25) is 21.9 Å². The first-order chi connectivity index (χ1) is 17.5. The quantitative estimate of drug-likeness (QED) is 0.421. The number of anilines is 3. The van der Waals surface area contributed by atoms with E-state index in [-0.39, 0.29) is 43.7 Å². The second-order valence-corrected chi connectivity index (χ2v) is 10.7. The van der Waals surface area contributed by atoms with Gasteiger partial charge in [-0.2, -0.15) is 28.1 Å². The Balaban J connectivity index is 1.53. The summed E-state index contributed by atoms with van der Waals surface area (Å²) < 4.78 is 87.6. The van der Waals surface area contributed by atoms with Crippen molar-refractivity contribution in [2.75, 3.05) is 56.3 Å². The van der Waals surface area contributed by atoms with Crippen molar-refractivity contribution in [2.45, 2.75) is 31.1 Å². The predicted octanol–water partition coefficient (Wildman–Crippen LogP) is 2.19. The second-order valence-electron chi connectivity index (χ2n) is 8.69. The van der Waals surface area contributed by atoms with Crippen LogP contribution in [0.2, 0.25) is 0 Å². The number of morpholine rings is 1. The Morgan fingerprint density at radius 3 is 2.57 bits per heavy atom. The van der Waals surface area contributed by atoms with Gasteiger partial charge in [0.15, 0.2) is 6.61 Å². The molecule has 11 nitrogen and oxygen atoms in total. The highest BCUT2D eigenvalue weighted by Crippen LogP contribution is 2.26. The highest BCUT2D eigenvalue weighted by Gasteiger charge is 2.30. The average Bonchev–Trinajstić information content (AvgIpc) is 2.84. The molecule has 37 heavy (non-hydrogen) atoms. The Bertz CT molecular complexity index is 1190. The normalized spacial score (nSPS) is 20.0. The van der Waals surface area contributed by atoms with Gasteiger partial charge in [0, 0.05) is 36.9 Å². The molecule has 2 saturated heterocycles. The maximum Gasteiger partial charge on any atom is 0.422 e. The lowest BCUT2D eigenvalue weighted by Crippen LogP contribution is -2.42. The van der Waals surface area contributed by atoms with E-state index in [2.05, 4.69) is 30.9 Å². The lowest BCUT2D eigenvalue weighted by atomic mass is 10.1. The summed E-state index contributed by atoms with van der Waals surface area (Å²) in [5.74, 6) is -0.605. The number of hydrogen-bond acceptors (Lipinski definition) is 10. The summed E-state index contributed by atoms with van der Waals surface area (Å²) in [6.07, 6.45) is -2.59. The molecule has 2 aliphatic rings. The lowest BCUT2D eigenvalue weighted by molar-refractivity contribution is -0.154.